The Morgan fingerprint density at radius 2 is 2.14 bits per heavy atom. The molecule has 2 fully saturated rings. The van der Waals surface area contributed by atoms with Gasteiger partial charge in [0.25, 0.3) is 0 Å². The highest BCUT2D eigenvalue weighted by Gasteiger charge is 2.42. The molecule has 2 aliphatic rings. The second kappa shape index (κ2) is 6.51. The molecule has 1 N–H and O–H groups in total. The predicted molar refractivity (Wildman–Crippen MR) is 81.2 cm³/mol. The molecule has 1 aliphatic carbocycles. The van der Waals surface area contributed by atoms with Crippen LogP contribution in [0.4, 0.5) is 0 Å². The van der Waals surface area contributed by atoms with E-state index in [4.69, 9.17) is 14.6 Å². The molecule has 1 aromatic rings. The summed E-state index contributed by atoms with van der Waals surface area (Å²) in [5.74, 6) is 6.35. The van der Waals surface area contributed by atoms with Crippen LogP contribution in [0.1, 0.15) is 44.1 Å². The zero-order valence-corrected chi connectivity index (χ0v) is 12.3. The van der Waals surface area contributed by atoms with E-state index in [2.05, 4.69) is 11.8 Å². The highest BCUT2D eigenvalue weighted by atomic mass is 16.6. The van der Waals surface area contributed by atoms with E-state index in [1.54, 1.807) is 0 Å². The van der Waals surface area contributed by atoms with E-state index in [1.807, 2.05) is 24.3 Å². The number of benzene rings is 1. The third-order valence-electron chi connectivity index (χ3n) is 4.44. The molecule has 1 atom stereocenters. The van der Waals surface area contributed by atoms with Crippen LogP contribution in [0.15, 0.2) is 24.3 Å². The molecule has 1 spiro atoms. The molecule has 112 valence electrons. The van der Waals surface area contributed by atoms with Crippen molar-refractivity contribution in [3.05, 3.63) is 29.8 Å². The summed E-state index contributed by atoms with van der Waals surface area (Å²) in [5.41, 5.74) is 1.03. The summed E-state index contributed by atoms with van der Waals surface area (Å²) < 4.78 is 12.1. The van der Waals surface area contributed by atoms with E-state index in [1.165, 1.54) is 32.1 Å². The van der Waals surface area contributed by atoms with Gasteiger partial charge < -0.3 is 14.6 Å². The van der Waals surface area contributed by atoms with E-state index in [0.29, 0.717) is 6.61 Å². The molecule has 0 amide bonds. The van der Waals surface area contributed by atoms with Gasteiger partial charge in [-0.15, -0.1) is 0 Å². The van der Waals surface area contributed by atoms with Crippen LogP contribution in [0.25, 0.3) is 0 Å². The summed E-state index contributed by atoms with van der Waals surface area (Å²) in [5, 5.41) is 8.72. The van der Waals surface area contributed by atoms with E-state index in [0.717, 1.165) is 17.7 Å². The van der Waals surface area contributed by atoms with Gasteiger partial charge >= 0.3 is 0 Å². The summed E-state index contributed by atoms with van der Waals surface area (Å²) in [6.07, 6.45) is 7.55. The Bertz CT molecular complexity index is 535. The number of hydrogen-bond acceptors (Lipinski definition) is 3. The minimum atomic E-state index is -0.122. The molecule has 0 bridgehead atoms. The minimum absolute atomic E-state index is 0.122. The van der Waals surface area contributed by atoms with Gasteiger partial charge in [0.2, 0.25) is 0 Å². The molecule has 3 heteroatoms. The van der Waals surface area contributed by atoms with Crippen molar-refractivity contribution in [2.24, 2.45) is 0 Å². The van der Waals surface area contributed by atoms with E-state index >= 15 is 0 Å². The SMILES string of the molecule is OCC#Cc1cccc(OCC2CCC3(CCCC3)O2)c1. The average Bonchev–Trinajstić information content (AvgIpc) is 3.14. The van der Waals surface area contributed by atoms with Crippen molar-refractivity contribution in [1.82, 2.24) is 0 Å². The van der Waals surface area contributed by atoms with Crippen LogP contribution in [0, 0.1) is 11.8 Å². The van der Waals surface area contributed by atoms with Crippen LogP contribution >= 0.6 is 0 Å². The average molecular weight is 286 g/mol. The van der Waals surface area contributed by atoms with Gasteiger partial charge in [0, 0.05) is 5.56 Å². The Kier molecular flexibility index (Phi) is 4.48. The predicted octanol–water partition coefficient (Wildman–Crippen LogP) is 2.90. The molecule has 3 nitrogen and oxygen atoms in total. The Morgan fingerprint density at radius 3 is 2.95 bits per heavy atom. The van der Waals surface area contributed by atoms with Crippen LogP contribution in [-0.2, 0) is 4.74 Å². The molecule has 1 aromatic carbocycles. The maximum absolute atomic E-state index is 8.72. The second-order valence-corrected chi connectivity index (χ2v) is 5.97. The largest absolute Gasteiger partial charge is 0.491 e. The number of hydrogen-bond donors (Lipinski definition) is 1. The van der Waals surface area contributed by atoms with Crippen molar-refractivity contribution in [3.8, 4) is 17.6 Å². The molecular formula is C18H22O3. The quantitative estimate of drug-likeness (QED) is 0.868. The highest BCUT2D eigenvalue weighted by Crippen LogP contribution is 2.43. The molecular weight excluding hydrogens is 264 g/mol. The molecule has 21 heavy (non-hydrogen) atoms. The van der Waals surface area contributed by atoms with Gasteiger partial charge in [0.1, 0.15) is 19.0 Å². The Balaban J connectivity index is 1.53. The summed E-state index contributed by atoms with van der Waals surface area (Å²) in [7, 11) is 0. The first-order chi connectivity index (χ1) is 10.3. The zero-order valence-electron chi connectivity index (χ0n) is 12.3. The van der Waals surface area contributed by atoms with Crippen LogP contribution in [0.5, 0.6) is 5.75 Å². The topological polar surface area (TPSA) is 38.7 Å². The number of aliphatic hydroxyl groups excluding tert-OH is 1. The number of rotatable bonds is 3. The fourth-order valence-electron chi connectivity index (χ4n) is 3.39. The molecule has 1 heterocycles. The first-order valence-electron chi connectivity index (χ1n) is 7.80. The first kappa shape index (κ1) is 14.4. The van der Waals surface area contributed by atoms with Gasteiger partial charge in [-0.25, -0.2) is 0 Å². The van der Waals surface area contributed by atoms with Gasteiger partial charge in [-0.1, -0.05) is 30.7 Å². The normalized spacial score (nSPS) is 23.0. The minimum Gasteiger partial charge on any atom is -0.491 e. The molecule has 0 aromatic heterocycles. The number of aliphatic hydroxyl groups is 1. The maximum atomic E-state index is 8.72. The van der Waals surface area contributed by atoms with Crippen molar-refractivity contribution in [2.75, 3.05) is 13.2 Å². The summed E-state index contributed by atoms with van der Waals surface area (Å²) in [6, 6.07) is 7.67. The Labute approximate surface area is 126 Å². The Hall–Kier alpha value is -1.50. The maximum Gasteiger partial charge on any atom is 0.120 e. The lowest BCUT2D eigenvalue weighted by molar-refractivity contribution is -0.0508. The lowest BCUT2D eigenvalue weighted by atomic mass is 9.98. The van der Waals surface area contributed by atoms with Gasteiger partial charge in [-0.3, -0.25) is 0 Å². The van der Waals surface area contributed by atoms with Gasteiger partial charge in [0.05, 0.1) is 11.7 Å². The monoisotopic (exact) mass is 286 g/mol. The third kappa shape index (κ3) is 3.58. The van der Waals surface area contributed by atoms with Crippen LogP contribution in [0.2, 0.25) is 0 Å². The smallest absolute Gasteiger partial charge is 0.120 e. The van der Waals surface area contributed by atoms with Gasteiger partial charge in [0.15, 0.2) is 0 Å². The number of ether oxygens (including phenoxy) is 2. The van der Waals surface area contributed by atoms with Gasteiger partial charge in [-0.05, 0) is 43.9 Å². The molecule has 3 rings (SSSR count). The van der Waals surface area contributed by atoms with E-state index in [-0.39, 0.29) is 18.3 Å². The second-order valence-electron chi connectivity index (χ2n) is 5.97. The van der Waals surface area contributed by atoms with E-state index < -0.39 is 0 Å². The van der Waals surface area contributed by atoms with Crippen molar-refractivity contribution in [3.63, 3.8) is 0 Å². The molecule has 1 saturated heterocycles. The van der Waals surface area contributed by atoms with Crippen molar-refractivity contribution >= 4 is 0 Å². The molecule has 1 aliphatic heterocycles. The standard InChI is InChI=1S/C18H22O3/c19-12-4-6-15-5-3-7-16(13-15)20-14-17-8-11-18(21-17)9-1-2-10-18/h3,5,7,13,17,19H,1-2,8-12,14H2. The van der Waals surface area contributed by atoms with Crippen molar-refractivity contribution in [1.29, 1.82) is 0 Å². The lowest BCUT2D eigenvalue weighted by Gasteiger charge is -2.23. The van der Waals surface area contributed by atoms with Crippen LogP contribution in [0.3, 0.4) is 0 Å². The highest BCUT2D eigenvalue weighted by molar-refractivity contribution is 5.39. The van der Waals surface area contributed by atoms with Crippen LogP contribution < -0.4 is 4.74 Å². The molecule has 1 saturated carbocycles. The fourth-order valence-corrected chi connectivity index (χ4v) is 3.39. The Morgan fingerprint density at radius 1 is 1.29 bits per heavy atom. The van der Waals surface area contributed by atoms with Crippen LogP contribution in [-0.4, -0.2) is 30.0 Å². The summed E-state index contributed by atoms with van der Waals surface area (Å²) >= 11 is 0. The van der Waals surface area contributed by atoms with Gasteiger partial charge in [-0.2, -0.15) is 0 Å². The molecule has 1 unspecified atom stereocenters. The summed E-state index contributed by atoms with van der Waals surface area (Å²) in [4.78, 5) is 0. The fraction of sp³-hybridized carbons (Fsp3) is 0.556. The first-order valence-corrected chi connectivity index (χ1v) is 7.80. The van der Waals surface area contributed by atoms with Crippen molar-refractivity contribution in [2.45, 2.75) is 50.2 Å². The van der Waals surface area contributed by atoms with Crippen molar-refractivity contribution < 1.29 is 14.6 Å². The summed E-state index contributed by atoms with van der Waals surface area (Å²) in [6.45, 7) is 0.488. The molecule has 0 radical (unpaired) electrons. The lowest BCUT2D eigenvalue weighted by Crippen LogP contribution is -2.27. The zero-order chi connectivity index (χ0) is 14.5. The van der Waals surface area contributed by atoms with E-state index in [9.17, 15) is 0 Å². The third-order valence-corrected chi connectivity index (χ3v) is 4.44.